The van der Waals surface area contributed by atoms with E-state index in [1.165, 1.54) is 6.21 Å². The minimum Gasteiger partial charge on any atom is -0.493 e. The summed E-state index contributed by atoms with van der Waals surface area (Å²) >= 11 is 0. The first-order chi connectivity index (χ1) is 13.2. The highest BCUT2D eigenvalue weighted by Crippen LogP contribution is 2.29. The minimum atomic E-state index is -0.360. The number of nitrogens with zero attached hydrogens (tertiary/aromatic N) is 1. The van der Waals surface area contributed by atoms with Crippen molar-refractivity contribution in [2.24, 2.45) is 5.10 Å². The molecule has 0 radical (unpaired) electrons. The fourth-order valence-electron chi connectivity index (χ4n) is 2.63. The van der Waals surface area contributed by atoms with E-state index in [0.717, 1.165) is 10.8 Å². The molecule has 0 saturated heterocycles. The first-order valence-corrected chi connectivity index (χ1v) is 8.36. The van der Waals surface area contributed by atoms with Crippen LogP contribution in [-0.2, 0) is 4.79 Å². The number of fused-ring (bicyclic) bond motifs is 1. The summed E-state index contributed by atoms with van der Waals surface area (Å²) in [5, 5.41) is 6.12. The molecule has 0 aromatic heterocycles. The van der Waals surface area contributed by atoms with E-state index in [2.05, 4.69) is 10.5 Å². The van der Waals surface area contributed by atoms with E-state index in [9.17, 15) is 4.79 Å². The van der Waals surface area contributed by atoms with Crippen molar-refractivity contribution in [3.05, 3.63) is 66.2 Å². The average Bonchev–Trinajstić information content (AvgIpc) is 2.71. The van der Waals surface area contributed by atoms with Gasteiger partial charge in [-0.3, -0.25) is 4.79 Å². The summed E-state index contributed by atoms with van der Waals surface area (Å²) < 4.78 is 16.1. The first kappa shape index (κ1) is 18.3. The molecule has 0 aliphatic carbocycles. The SMILES string of the molecule is COc1cccc(/C=N\NC(=O)COc2ccc3ccccc3c2)c1OC. The average molecular weight is 364 g/mol. The van der Waals surface area contributed by atoms with Crippen LogP contribution in [0.4, 0.5) is 0 Å². The van der Waals surface area contributed by atoms with Crippen molar-refractivity contribution in [3.63, 3.8) is 0 Å². The Kier molecular flexibility index (Phi) is 5.89. The highest BCUT2D eigenvalue weighted by molar-refractivity contribution is 5.87. The van der Waals surface area contributed by atoms with Gasteiger partial charge in [0.25, 0.3) is 5.91 Å². The lowest BCUT2D eigenvalue weighted by Crippen LogP contribution is -2.24. The lowest BCUT2D eigenvalue weighted by atomic mass is 10.1. The Morgan fingerprint density at radius 3 is 2.59 bits per heavy atom. The van der Waals surface area contributed by atoms with Crippen LogP contribution in [0.15, 0.2) is 65.8 Å². The summed E-state index contributed by atoms with van der Waals surface area (Å²) in [5.74, 6) is 1.40. The van der Waals surface area contributed by atoms with Gasteiger partial charge in [-0.1, -0.05) is 36.4 Å². The van der Waals surface area contributed by atoms with Crippen LogP contribution < -0.4 is 19.6 Å². The summed E-state index contributed by atoms with van der Waals surface area (Å²) in [5.41, 5.74) is 3.12. The van der Waals surface area contributed by atoms with Crippen molar-refractivity contribution in [1.29, 1.82) is 0 Å². The van der Waals surface area contributed by atoms with Crippen molar-refractivity contribution in [2.75, 3.05) is 20.8 Å². The maximum atomic E-state index is 11.9. The number of hydrogen-bond acceptors (Lipinski definition) is 5. The number of para-hydroxylation sites is 1. The Bertz CT molecular complexity index is 969. The molecular weight excluding hydrogens is 344 g/mol. The van der Waals surface area contributed by atoms with E-state index >= 15 is 0 Å². The molecule has 1 amide bonds. The summed E-state index contributed by atoms with van der Waals surface area (Å²) in [6.45, 7) is -0.134. The Morgan fingerprint density at radius 2 is 1.81 bits per heavy atom. The molecule has 3 aromatic rings. The van der Waals surface area contributed by atoms with Crippen molar-refractivity contribution in [3.8, 4) is 17.2 Å². The number of nitrogens with one attached hydrogen (secondary N) is 1. The molecule has 0 unspecified atom stereocenters. The van der Waals surface area contributed by atoms with Crippen molar-refractivity contribution in [2.45, 2.75) is 0 Å². The van der Waals surface area contributed by atoms with Crippen LogP contribution in [0.1, 0.15) is 5.56 Å². The monoisotopic (exact) mass is 364 g/mol. The molecule has 0 spiro atoms. The molecular formula is C21H20N2O4. The topological polar surface area (TPSA) is 69.2 Å². The van der Waals surface area contributed by atoms with Crippen LogP contribution in [0.5, 0.6) is 17.2 Å². The number of benzene rings is 3. The largest absolute Gasteiger partial charge is 0.493 e. The van der Waals surface area contributed by atoms with Gasteiger partial charge >= 0.3 is 0 Å². The van der Waals surface area contributed by atoms with Crippen LogP contribution in [0.25, 0.3) is 10.8 Å². The molecule has 0 atom stereocenters. The number of rotatable bonds is 7. The molecule has 6 heteroatoms. The van der Waals surface area contributed by atoms with Crippen LogP contribution >= 0.6 is 0 Å². The Hall–Kier alpha value is -3.54. The first-order valence-electron chi connectivity index (χ1n) is 8.36. The predicted octanol–water partition coefficient (Wildman–Crippen LogP) is 3.39. The van der Waals surface area contributed by atoms with Crippen molar-refractivity contribution < 1.29 is 19.0 Å². The molecule has 27 heavy (non-hydrogen) atoms. The van der Waals surface area contributed by atoms with E-state index < -0.39 is 0 Å². The molecule has 0 heterocycles. The van der Waals surface area contributed by atoms with Crippen molar-refractivity contribution in [1.82, 2.24) is 5.43 Å². The number of amides is 1. The number of carbonyl (C=O) groups excluding carboxylic acids is 1. The second kappa shape index (κ2) is 8.71. The molecule has 0 saturated carbocycles. The predicted molar refractivity (Wildman–Crippen MR) is 105 cm³/mol. The van der Waals surface area contributed by atoms with E-state index in [4.69, 9.17) is 14.2 Å². The fraction of sp³-hybridized carbons (Fsp3) is 0.143. The summed E-state index contributed by atoms with van der Waals surface area (Å²) in [6.07, 6.45) is 1.50. The maximum absolute atomic E-state index is 11.9. The van der Waals surface area contributed by atoms with Gasteiger partial charge in [0, 0.05) is 5.56 Å². The summed E-state index contributed by atoms with van der Waals surface area (Å²) in [6, 6.07) is 19.0. The lowest BCUT2D eigenvalue weighted by molar-refractivity contribution is -0.123. The van der Waals surface area contributed by atoms with Crippen LogP contribution in [0.3, 0.4) is 0 Å². The van der Waals surface area contributed by atoms with Crippen LogP contribution in [-0.4, -0.2) is 32.9 Å². The summed E-state index contributed by atoms with van der Waals surface area (Å²) in [4.78, 5) is 11.9. The Labute approximate surface area is 157 Å². The van der Waals surface area contributed by atoms with Gasteiger partial charge in [0.05, 0.1) is 20.4 Å². The number of ether oxygens (including phenoxy) is 3. The molecule has 3 rings (SSSR count). The number of carbonyl (C=O) groups is 1. The van der Waals surface area contributed by atoms with Crippen molar-refractivity contribution >= 4 is 22.9 Å². The second-order valence-corrected chi connectivity index (χ2v) is 5.67. The van der Waals surface area contributed by atoms with E-state index in [-0.39, 0.29) is 12.5 Å². The summed E-state index contributed by atoms with van der Waals surface area (Å²) in [7, 11) is 3.11. The molecule has 0 aliphatic rings. The molecule has 3 aromatic carbocycles. The molecule has 1 N–H and O–H groups in total. The molecule has 0 aliphatic heterocycles. The third-order valence-corrected chi connectivity index (χ3v) is 3.92. The van der Waals surface area contributed by atoms with Gasteiger partial charge in [0.1, 0.15) is 5.75 Å². The molecule has 0 bridgehead atoms. The lowest BCUT2D eigenvalue weighted by Gasteiger charge is -2.09. The van der Waals surface area contributed by atoms with Crippen LogP contribution in [0, 0.1) is 0 Å². The zero-order valence-corrected chi connectivity index (χ0v) is 15.1. The smallest absolute Gasteiger partial charge is 0.277 e. The molecule has 138 valence electrons. The second-order valence-electron chi connectivity index (χ2n) is 5.67. The normalized spacial score (nSPS) is 10.7. The Balaban J connectivity index is 1.57. The minimum absolute atomic E-state index is 0.134. The zero-order chi connectivity index (χ0) is 19.1. The maximum Gasteiger partial charge on any atom is 0.277 e. The van der Waals surface area contributed by atoms with Gasteiger partial charge in [0.15, 0.2) is 18.1 Å². The highest BCUT2D eigenvalue weighted by Gasteiger charge is 2.08. The molecule has 0 fully saturated rings. The zero-order valence-electron chi connectivity index (χ0n) is 15.1. The van der Waals surface area contributed by atoms with Gasteiger partial charge in [-0.15, -0.1) is 0 Å². The standard InChI is InChI=1S/C21H20N2O4/c1-25-19-9-5-8-17(21(19)26-2)13-22-23-20(24)14-27-18-11-10-15-6-3-4-7-16(15)12-18/h3-13H,14H2,1-2H3,(H,23,24)/b22-13-. The van der Waals surface area contributed by atoms with Gasteiger partial charge in [-0.05, 0) is 35.0 Å². The number of hydrogen-bond donors (Lipinski definition) is 1. The fourth-order valence-corrected chi connectivity index (χ4v) is 2.63. The quantitative estimate of drug-likeness (QED) is 0.515. The third-order valence-electron chi connectivity index (χ3n) is 3.92. The van der Waals surface area contributed by atoms with E-state index in [1.807, 2.05) is 54.6 Å². The van der Waals surface area contributed by atoms with E-state index in [1.54, 1.807) is 20.3 Å². The van der Waals surface area contributed by atoms with Gasteiger partial charge in [-0.25, -0.2) is 5.43 Å². The van der Waals surface area contributed by atoms with Gasteiger partial charge in [-0.2, -0.15) is 5.10 Å². The van der Waals surface area contributed by atoms with Crippen LogP contribution in [0.2, 0.25) is 0 Å². The highest BCUT2D eigenvalue weighted by atomic mass is 16.5. The van der Waals surface area contributed by atoms with Gasteiger partial charge in [0.2, 0.25) is 0 Å². The number of hydrazone groups is 1. The Morgan fingerprint density at radius 1 is 1.00 bits per heavy atom. The molecule has 6 nitrogen and oxygen atoms in total. The number of methoxy groups -OCH3 is 2. The van der Waals surface area contributed by atoms with E-state index in [0.29, 0.717) is 22.8 Å². The van der Waals surface area contributed by atoms with Gasteiger partial charge < -0.3 is 14.2 Å². The third kappa shape index (κ3) is 4.55.